The molecule has 1 aliphatic carbocycles. The van der Waals surface area contributed by atoms with Crippen LogP contribution in [0.15, 0.2) is 23.1 Å². The van der Waals surface area contributed by atoms with E-state index in [0.717, 1.165) is 24.1 Å². The van der Waals surface area contributed by atoms with Crippen molar-refractivity contribution < 1.29 is 8.42 Å². The van der Waals surface area contributed by atoms with Gasteiger partial charge in [0.1, 0.15) is 0 Å². The van der Waals surface area contributed by atoms with Crippen LogP contribution in [0, 0.1) is 18.3 Å². The molecule has 2 atom stereocenters. The minimum atomic E-state index is -3.16. The van der Waals surface area contributed by atoms with Crippen LogP contribution in [0.4, 0.5) is 5.69 Å². The Hall–Kier alpha value is -1.03. The molecular weight excluding hydrogens is 282 g/mol. The molecule has 21 heavy (non-hydrogen) atoms. The summed E-state index contributed by atoms with van der Waals surface area (Å²) >= 11 is 0. The Morgan fingerprint density at radius 1 is 1.24 bits per heavy atom. The summed E-state index contributed by atoms with van der Waals surface area (Å²) in [7, 11) is -3.16. The molecule has 0 aromatic heterocycles. The summed E-state index contributed by atoms with van der Waals surface area (Å²) in [6.45, 7) is 8.95. The van der Waals surface area contributed by atoms with Crippen LogP contribution in [0.3, 0.4) is 0 Å². The quantitative estimate of drug-likeness (QED) is 0.917. The lowest BCUT2D eigenvalue weighted by molar-refractivity contribution is 0.178. The van der Waals surface area contributed by atoms with Crippen molar-refractivity contribution in [1.82, 2.24) is 0 Å². The van der Waals surface area contributed by atoms with E-state index in [1.165, 1.54) is 12.7 Å². The van der Waals surface area contributed by atoms with Crippen LogP contribution >= 0.6 is 0 Å². The van der Waals surface area contributed by atoms with Crippen molar-refractivity contribution in [3.8, 4) is 0 Å². The van der Waals surface area contributed by atoms with Gasteiger partial charge < -0.3 is 5.32 Å². The summed E-state index contributed by atoms with van der Waals surface area (Å²) in [4.78, 5) is 0.388. The first-order chi connectivity index (χ1) is 9.57. The third-order valence-electron chi connectivity index (χ3n) is 4.38. The molecule has 2 rings (SSSR count). The third kappa shape index (κ3) is 4.22. The first-order valence-corrected chi connectivity index (χ1v) is 9.53. The zero-order chi connectivity index (χ0) is 15.8. The van der Waals surface area contributed by atoms with Crippen molar-refractivity contribution in [3.05, 3.63) is 23.8 Å². The van der Waals surface area contributed by atoms with Gasteiger partial charge in [0.25, 0.3) is 0 Å². The molecule has 3 nitrogen and oxygen atoms in total. The van der Waals surface area contributed by atoms with Crippen molar-refractivity contribution >= 4 is 15.5 Å². The van der Waals surface area contributed by atoms with Crippen LogP contribution in [0.25, 0.3) is 0 Å². The topological polar surface area (TPSA) is 46.2 Å². The van der Waals surface area contributed by atoms with Crippen LogP contribution in [0.2, 0.25) is 0 Å². The maximum atomic E-state index is 11.7. The van der Waals surface area contributed by atoms with Gasteiger partial charge >= 0.3 is 0 Å². The molecular formula is C17H27NO2S. The number of aryl methyl sites for hydroxylation is 1. The van der Waals surface area contributed by atoms with Crippen molar-refractivity contribution in [2.45, 2.75) is 57.9 Å². The van der Waals surface area contributed by atoms with Crippen LogP contribution < -0.4 is 5.32 Å². The first kappa shape index (κ1) is 16.3. The second kappa shape index (κ2) is 5.64. The number of sulfone groups is 1. The molecule has 2 unspecified atom stereocenters. The van der Waals surface area contributed by atoms with E-state index in [2.05, 4.69) is 26.1 Å². The summed E-state index contributed by atoms with van der Waals surface area (Å²) in [6.07, 6.45) is 4.78. The van der Waals surface area contributed by atoms with E-state index in [4.69, 9.17) is 0 Å². The largest absolute Gasteiger partial charge is 0.382 e. The van der Waals surface area contributed by atoms with Crippen LogP contribution in [-0.2, 0) is 9.84 Å². The predicted molar refractivity (Wildman–Crippen MR) is 88.5 cm³/mol. The summed E-state index contributed by atoms with van der Waals surface area (Å²) < 4.78 is 23.4. The van der Waals surface area contributed by atoms with E-state index >= 15 is 0 Å². The SMILES string of the molecule is Cc1ccc(S(C)(=O)=O)cc1NC1CC(C)CC(C)(C)C1. The van der Waals surface area contributed by atoms with Gasteiger partial charge in [-0.05, 0) is 55.2 Å². The molecule has 0 saturated heterocycles. The molecule has 0 bridgehead atoms. The van der Waals surface area contributed by atoms with Gasteiger partial charge in [0.15, 0.2) is 9.84 Å². The molecule has 0 spiro atoms. The molecule has 0 radical (unpaired) electrons. The second-order valence-corrected chi connectivity index (χ2v) is 9.52. The fourth-order valence-electron chi connectivity index (χ4n) is 3.66. The van der Waals surface area contributed by atoms with Gasteiger partial charge in [0, 0.05) is 18.0 Å². The predicted octanol–water partition coefficient (Wildman–Crippen LogP) is 4.03. The van der Waals surface area contributed by atoms with Crippen LogP contribution in [0.1, 0.15) is 45.6 Å². The fraction of sp³-hybridized carbons (Fsp3) is 0.647. The van der Waals surface area contributed by atoms with Crippen LogP contribution in [0.5, 0.6) is 0 Å². The maximum absolute atomic E-state index is 11.7. The molecule has 1 aliphatic rings. The van der Waals surface area contributed by atoms with Gasteiger partial charge in [0.2, 0.25) is 0 Å². The normalized spacial score (nSPS) is 25.6. The lowest BCUT2D eigenvalue weighted by Gasteiger charge is -2.40. The molecule has 1 fully saturated rings. The minimum absolute atomic E-state index is 0.345. The van der Waals surface area contributed by atoms with Crippen LogP contribution in [-0.4, -0.2) is 20.7 Å². The van der Waals surface area contributed by atoms with Crippen molar-refractivity contribution in [2.24, 2.45) is 11.3 Å². The van der Waals surface area contributed by atoms with Gasteiger partial charge in [0.05, 0.1) is 4.90 Å². The molecule has 118 valence electrons. The zero-order valence-corrected chi connectivity index (χ0v) is 14.5. The molecule has 0 heterocycles. The molecule has 4 heteroatoms. The zero-order valence-electron chi connectivity index (χ0n) is 13.7. The number of rotatable bonds is 3. The highest BCUT2D eigenvalue weighted by molar-refractivity contribution is 7.90. The average Bonchev–Trinajstić information content (AvgIpc) is 2.27. The molecule has 1 N–H and O–H groups in total. The molecule has 1 saturated carbocycles. The standard InChI is InChI=1S/C17H27NO2S/c1-12-8-14(11-17(3,4)10-12)18-16-9-15(21(5,19)20)7-6-13(16)2/h6-7,9,12,14,18H,8,10-11H2,1-5H3. The minimum Gasteiger partial charge on any atom is -0.382 e. The second-order valence-electron chi connectivity index (χ2n) is 7.50. The summed E-state index contributed by atoms with van der Waals surface area (Å²) in [5, 5.41) is 3.58. The molecule has 0 amide bonds. The average molecular weight is 309 g/mol. The maximum Gasteiger partial charge on any atom is 0.175 e. The van der Waals surface area contributed by atoms with E-state index in [-0.39, 0.29) is 0 Å². The highest BCUT2D eigenvalue weighted by Crippen LogP contribution is 2.39. The Labute approximate surface area is 129 Å². The summed E-state index contributed by atoms with van der Waals surface area (Å²) in [5.74, 6) is 0.699. The van der Waals surface area contributed by atoms with Crippen molar-refractivity contribution in [2.75, 3.05) is 11.6 Å². The van der Waals surface area contributed by atoms with E-state index in [1.807, 2.05) is 13.0 Å². The number of benzene rings is 1. The Bertz CT molecular complexity index is 620. The van der Waals surface area contributed by atoms with Gasteiger partial charge in [-0.15, -0.1) is 0 Å². The molecule has 1 aromatic carbocycles. The number of nitrogens with one attached hydrogen (secondary N) is 1. The number of anilines is 1. The summed E-state index contributed by atoms with van der Waals surface area (Å²) in [5.41, 5.74) is 2.39. The lowest BCUT2D eigenvalue weighted by atomic mass is 9.70. The Morgan fingerprint density at radius 3 is 2.48 bits per heavy atom. The Morgan fingerprint density at radius 2 is 1.90 bits per heavy atom. The van der Waals surface area contributed by atoms with Gasteiger partial charge in [-0.2, -0.15) is 0 Å². The van der Waals surface area contributed by atoms with E-state index in [9.17, 15) is 8.42 Å². The van der Waals surface area contributed by atoms with Gasteiger partial charge in [-0.3, -0.25) is 0 Å². The van der Waals surface area contributed by atoms with E-state index < -0.39 is 9.84 Å². The van der Waals surface area contributed by atoms with E-state index in [0.29, 0.717) is 22.3 Å². The fourth-order valence-corrected chi connectivity index (χ4v) is 4.31. The summed E-state index contributed by atoms with van der Waals surface area (Å²) in [6, 6.07) is 5.76. The number of hydrogen-bond acceptors (Lipinski definition) is 3. The third-order valence-corrected chi connectivity index (χ3v) is 5.49. The smallest absolute Gasteiger partial charge is 0.175 e. The highest BCUT2D eigenvalue weighted by atomic mass is 32.2. The Balaban J connectivity index is 2.23. The van der Waals surface area contributed by atoms with Gasteiger partial charge in [-0.1, -0.05) is 26.8 Å². The highest BCUT2D eigenvalue weighted by Gasteiger charge is 2.32. The van der Waals surface area contributed by atoms with E-state index in [1.54, 1.807) is 12.1 Å². The monoisotopic (exact) mass is 309 g/mol. The van der Waals surface area contributed by atoms with Crippen molar-refractivity contribution in [3.63, 3.8) is 0 Å². The molecule has 1 aromatic rings. The van der Waals surface area contributed by atoms with Gasteiger partial charge in [-0.25, -0.2) is 8.42 Å². The Kier molecular flexibility index (Phi) is 4.39. The van der Waals surface area contributed by atoms with Crippen molar-refractivity contribution in [1.29, 1.82) is 0 Å². The first-order valence-electron chi connectivity index (χ1n) is 7.64. The molecule has 0 aliphatic heterocycles. The number of hydrogen-bond donors (Lipinski definition) is 1. The lowest BCUT2D eigenvalue weighted by Crippen LogP contribution is -2.35.